The van der Waals surface area contributed by atoms with Crippen molar-refractivity contribution >= 4 is 5.82 Å². The molecule has 0 radical (unpaired) electrons. The fraction of sp³-hybridized carbons (Fsp3) is 0.250. The van der Waals surface area contributed by atoms with Crippen LogP contribution in [0.15, 0.2) is 24.7 Å². The van der Waals surface area contributed by atoms with Gasteiger partial charge < -0.3 is 10.3 Å². The molecule has 0 aliphatic rings. The molecule has 0 spiro atoms. The Hall–Kier alpha value is -1.78. The standard InChI is InChI=1S/C8H11N5/c1-13-5-2-7(12-13)11-6-8-9-3-4-10-8/h2-5H,6H2,1H3,(H,9,10)(H,11,12). The van der Waals surface area contributed by atoms with Crippen LogP contribution < -0.4 is 5.32 Å². The molecule has 2 rings (SSSR count). The van der Waals surface area contributed by atoms with E-state index in [9.17, 15) is 0 Å². The van der Waals surface area contributed by atoms with Gasteiger partial charge >= 0.3 is 0 Å². The molecule has 0 unspecified atom stereocenters. The van der Waals surface area contributed by atoms with Crippen LogP contribution in [0, 0.1) is 0 Å². The first-order valence-corrected chi connectivity index (χ1v) is 4.06. The minimum Gasteiger partial charge on any atom is -0.361 e. The third-order valence-corrected chi connectivity index (χ3v) is 1.71. The molecule has 0 atom stereocenters. The van der Waals surface area contributed by atoms with Crippen molar-refractivity contribution in [2.24, 2.45) is 7.05 Å². The number of imidazole rings is 1. The predicted molar refractivity (Wildman–Crippen MR) is 49.1 cm³/mol. The van der Waals surface area contributed by atoms with Crippen LogP contribution in [0.4, 0.5) is 5.82 Å². The Morgan fingerprint density at radius 2 is 2.54 bits per heavy atom. The van der Waals surface area contributed by atoms with Crippen molar-refractivity contribution in [2.75, 3.05) is 5.32 Å². The first kappa shape index (κ1) is 7.85. The van der Waals surface area contributed by atoms with Gasteiger partial charge in [-0.05, 0) is 0 Å². The first-order chi connectivity index (χ1) is 6.34. The number of hydrogen-bond donors (Lipinski definition) is 2. The zero-order chi connectivity index (χ0) is 9.10. The Bertz CT molecular complexity index is 362. The fourth-order valence-corrected chi connectivity index (χ4v) is 1.08. The number of nitrogens with one attached hydrogen (secondary N) is 2. The lowest BCUT2D eigenvalue weighted by Gasteiger charge is -1.98. The SMILES string of the molecule is Cn1ccc(NCc2ncc[nH]2)n1. The summed E-state index contributed by atoms with van der Waals surface area (Å²) in [5.74, 6) is 1.77. The molecule has 2 heterocycles. The van der Waals surface area contributed by atoms with Crippen molar-refractivity contribution < 1.29 is 0 Å². The summed E-state index contributed by atoms with van der Waals surface area (Å²) in [5.41, 5.74) is 0. The molecule has 0 aliphatic heterocycles. The molecule has 0 aliphatic carbocycles. The quantitative estimate of drug-likeness (QED) is 0.727. The van der Waals surface area contributed by atoms with E-state index >= 15 is 0 Å². The average Bonchev–Trinajstić information content (AvgIpc) is 2.71. The lowest BCUT2D eigenvalue weighted by atomic mass is 10.5. The minimum absolute atomic E-state index is 0.671. The summed E-state index contributed by atoms with van der Waals surface area (Å²) in [6.45, 7) is 0.671. The highest BCUT2D eigenvalue weighted by atomic mass is 15.3. The third-order valence-electron chi connectivity index (χ3n) is 1.71. The maximum Gasteiger partial charge on any atom is 0.148 e. The van der Waals surface area contributed by atoms with E-state index < -0.39 is 0 Å². The average molecular weight is 177 g/mol. The molecule has 0 saturated heterocycles. The van der Waals surface area contributed by atoms with Gasteiger partial charge in [0.1, 0.15) is 11.6 Å². The molecule has 13 heavy (non-hydrogen) atoms. The van der Waals surface area contributed by atoms with Gasteiger partial charge in [-0.2, -0.15) is 5.10 Å². The molecular formula is C8H11N5. The topological polar surface area (TPSA) is 58.5 Å². The largest absolute Gasteiger partial charge is 0.361 e. The number of hydrogen-bond acceptors (Lipinski definition) is 3. The highest BCUT2D eigenvalue weighted by Crippen LogP contribution is 2.02. The predicted octanol–water partition coefficient (Wildman–Crippen LogP) is 0.755. The zero-order valence-electron chi connectivity index (χ0n) is 7.36. The third kappa shape index (κ3) is 1.87. The summed E-state index contributed by atoms with van der Waals surface area (Å²) in [6, 6.07) is 1.92. The van der Waals surface area contributed by atoms with Crippen LogP contribution in [0.25, 0.3) is 0 Å². The number of aryl methyl sites for hydroxylation is 1. The maximum absolute atomic E-state index is 4.17. The van der Waals surface area contributed by atoms with Crippen molar-refractivity contribution in [3.8, 4) is 0 Å². The maximum atomic E-state index is 4.17. The van der Waals surface area contributed by atoms with Gasteiger partial charge in [0.2, 0.25) is 0 Å². The molecule has 2 aromatic rings. The second-order valence-corrected chi connectivity index (χ2v) is 2.76. The van der Waals surface area contributed by atoms with Gasteiger partial charge in [0.05, 0.1) is 6.54 Å². The number of nitrogens with zero attached hydrogens (tertiary/aromatic N) is 3. The van der Waals surface area contributed by atoms with Crippen molar-refractivity contribution in [3.05, 3.63) is 30.5 Å². The van der Waals surface area contributed by atoms with E-state index in [4.69, 9.17) is 0 Å². The molecule has 0 fully saturated rings. The fourth-order valence-electron chi connectivity index (χ4n) is 1.08. The highest BCUT2D eigenvalue weighted by Gasteiger charge is 1.96. The van der Waals surface area contributed by atoms with Crippen LogP contribution in [0.5, 0.6) is 0 Å². The number of H-pyrrole nitrogens is 1. The molecule has 68 valence electrons. The minimum atomic E-state index is 0.671. The monoisotopic (exact) mass is 177 g/mol. The molecule has 5 nitrogen and oxygen atoms in total. The van der Waals surface area contributed by atoms with E-state index in [-0.39, 0.29) is 0 Å². The summed E-state index contributed by atoms with van der Waals surface area (Å²) < 4.78 is 1.75. The molecule has 0 amide bonds. The van der Waals surface area contributed by atoms with Gasteiger partial charge in [-0.25, -0.2) is 4.98 Å². The van der Waals surface area contributed by atoms with E-state index in [0.717, 1.165) is 11.6 Å². The van der Waals surface area contributed by atoms with Gasteiger partial charge in [-0.3, -0.25) is 4.68 Å². The van der Waals surface area contributed by atoms with Crippen molar-refractivity contribution in [1.29, 1.82) is 0 Å². The number of anilines is 1. The van der Waals surface area contributed by atoms with Gasteiger partial charge in [0.25, 0.3) is 0 Å². The van der Waals surface area contributed by atoms with Crippen LogP contribution in [0.3, 0.4) is 0 Å². The summed E-state index contributed by atoms with van der Waals surface area (Å²) in [7, 11) is 1.89. The van der Waals surface area contributed by atoms with E-state index in [1.807, 2.05) is 19.3 Å². The lowest BCUT2D eigenvalue weighted by molar-refractivity contribution is 0.767. The van der Waals surface area contributed by atoms with Crippen LogP contribution >= 0.6 is 0 Å². The summed E-state index contributed by atoms with van der Waals surface area (Å²) in [4.78, 5) is 7.09. The second kappa shape index (κ2) is 3.30. The molecule has 0 bridgehead atoms. The van der Waals surface area contributed by atoms with Gasteiger partial charge in [0, 0.05) is 31.7 Å². The Kier molecular flexibility index (Phi) is 1.99. The lowest BCUT2D eigenvalue weighted by Crippen LogP contribution is -2.02. The Morgan fingerprint density at radius 1 is 1.62 bits per heavy atom. The molecular weight excluding hydrogens is 166 g/mol. The van der Waals surface area contributed by atoms with E-state index in [1.54, 1.807) is 17.1 Å². The molecule has 0 aromatic carbocycles. The highest BCUT2D eigenvalue weighted by molar-refractivity contribution is 5.32. The number of aromatic amines is 1. The molecule has 2 N–H and O–H groups in total. The molecule has 5 heteroatoms. The van der Waals surface area contributed by atoms with E-state index in [1.165, 1.54) is 0 Å². The Morgan fingerprint density at radius 3 is 3.15 bits per heavy atom. The molecule has 0 saturated carbocycles. The number of rotatable bonds is 3. The van der Waals surface area contributed by atoms with Crippen LogP contribution in [-0.2, 0) is 13.6 Å². The van der Waals surface area contributed by atoms with E-state index in [0.29, 0.717) is 6.54 Å². The Balaban J connectivity index is 1.93. The first-order valence-electron chi connectivity index (χ1n) is 4.06. The van der Waals surface area contributed by atoms with Gasteiger partial charge in [-0.1, -0.05) is 0 Å². The second-order valence-electron chi connectivity index (χ2n) is 2.76. The van der Waals surface area contributed by atoms with Crippen molar-refractivity contribution in [2.45, 2.75) is 6.54 Å². The smallest absolute Gasteiger partial charge is 0.148 e. The zero-order valence-corrected chi connectivity index (χ0v) is 7.36. The Labute approximate surface area is 75.8 Å². The molecule has 2 aromatic heterocycles. The normalized spacial score (nSPS) is 10.2. The summed E-state index contributed by atoms with van der Waals surface area (Å²) in [5, 5.41) is 7.32. The van der Waals surface area contributed by atoms with Gasteiger partial charge in [0.15, 0.2) is 0 Å². The summed E-state index contributed by atoms with van der Waals surface area (Å²) in [6.07, 6.45) is 5.43. The number of aromatic nitrogens is 4. The van der Waals surface area contributed by atoms with Crippen LogP contribution in [0.2, 0.25) is 0 Å². The van der Waals surface area contributed by atoms with Crippen LogP contribution in [-0.4, -0.2) is 19.7 Å². The van der Waals surface area contributed by atoms with E-state index in [2.05, 4.69) is 20.4 Å². The van der Waals surface area contributed by atoms with Gasteiger partial charge in [-0.15, -0.1) is 0 Å². The van der Waals surface area contributed by atoms with Crippen molar-refractivity contribution in [1.82, 2.24) is 19.7 Å². The summed E-state index contributed by atoms with van der Waals surface area (Å²) >= 11 is 0. The van der Waals surface area contributed by atoms with Crippen LogP contribution in [0.1, 0.15) is 5.82 Å². The van der Waals surface area contributed by atoms with Crippen molar-refractivity contribution in [3.63, 3.8) is 0 Å².